The predicted molar refractivity (Wildman–Crippen MR) is 93.1 cm³/mol. The van der Waals surface area contributed by atoms with Crippen LogP contribution in [0.25, 0.3) is 0 Å². The molecule has 0 saturated carbocycles. The van der Waals surface area contributed by atoms with Crippen molar-refractivity contribution >= 4 is 0 Å². The number of hydrogen-bond donors (Lipinski definition) is 0. The van der Waals surface area contributed by atoms with Crippen molar-refractivity contribution in [1.29, 1.82) is 5.26 Å². The van der Waals surface area contributed by atoms with Gasteiger partial charge in [-0.1, -0.05) is 42.5 Å². The molecule has 0 unspecified atom stereocenters. The highest BCUT2D eigenvalue weighted by Gasteiger charge is 2.07. The number of rotatable bonds is 9. The van der Waals surface area contributed by atoms with E-state index in [-0.39, 0.29) is 0 Å². The van der Waals surface area contributed by atoms with E-state index in [1.54, 1.807) is 7.11 Å². The lowest BCUT2D eigenvalue weighted by atomic mass is 10.1. The zero-order valence-corrected chi connectivity index (χ0v) is 13.7. The summed E-state index contributed by atoms with van der Waals surface area (Å²) in [5.41, 5.74) is 3.28. The van der Waals surface area contributed by atoms with Crippen LogP contribution < -0.4 is 0 Å². The maximum atomic E-state index is 9.02. The van der Waals surface area contributed by atoms with Gasteiger partial charge in [-0.25, -0.2) is 0 Å². The first-order valence-electron chi connectivity index (χ1n) is 8.06. The summed E-state index contributed by atoms with van der Waals surface area (Å²) >= 11 is 0. The number of benzene rings is 2. The summed E-state index contributed by atoms with van der Waals surface area (Å²) < 4.78 is 5.23. The lowest BCUT2D eigenvalue weighted by molar-refractivity contribution is 0.143. The van der Waals surface area contributed by atoms with Gasteiger partial charge in [-0.3, -0.25) is 4.90 Å². The third-order valence-corrected chi connectivity index (χ3v) is 3.86. The lowest BCUT2D eigenvalue weighted by Crippen LogP contribution is -2.28. The Morgan fingerprint density at radius 2 is 1.78 bits per heavy atom. The number of methoxy groups -OCH3 is 1. The van der Waals surface area contributed by atoms with Gasteiger partial charge in [-0.2, -0.15) is 5.26 Å². The Morgan fingerprint density at radius 3 is 2.52 bits per heavy atom. The van der Waals surface area contributed by atoms with Crippen molar-refractivity contribution in [3.63, 3.8) is 0 Å². The first kappa shape index (κ1) is 17.2. The van der Waals surface area contributed by atoms with Gasteiger partial charge in [0.15, 0.2) is 0 Å². The van der Waals surface area contributed by atoms with E-state index in [2.05, 4.69) is 47.4 Å². The molecule has 0 spiro atoms. The van der Waals surface area contributed by atoms with Crippen molar-refractivity contribution in [1.82, 2.24) is 4.90 Å². The number of nitriles is 1. The second kappa shape index (κ2) is 9.78. The summed E-state index contributed by atoms with van der Waals surface area (Å²) in [7, 11) is 1.73. The minimum absolute atomic E-state index is 0.721. The standard InChI is InChI=1S/C20H24N2O/c1-23-14-13-22(12-6-11-18-7-3-2-4-8-18)17-20-10-5-9-19(15-20)16-21/h2-5,7-10,15H,6,11-14,17H2,1H3. The van der Waals surface area contributed by atoms with Crippen LogP contribution in [0, 0.1) is 11.3 Å². The summed E-state index contributed by atoms with van der Waals surface area (Å²) in [6.07, 6.45) is 2.20. The molecule has 23 heavy (non-hydrogen) atoms. The highest BCUT2D eigenvalue weighted by atomic mass is 16.5. The maximum absolute atomic E-state index is 9.02. The third kappa shape index (κ3) is 6.23. The molecule has 0 aliphatic carbocycles. The molecule has 3 nitrogen and oxygen atoms in total. The number of aryl methyl sites for hydroxylation is 1. The van der Waals surface area contributed by atoms with E-state index in [0.29, 0.717) is 0 Å². The average Bonchev–Trinajstić information content (AvgIpc) is 2.60. The van der Waals surface area contributed by atoms with E-state index in [4.69, 9.17) is 10.00 Å². The van der Waals surface area contributed by atoms with Crippen molar-refractivity contribution < 1.29 is 4.74 Å². The van der Waals surface area contributed by atoms with Crippen LogP contribution in [0.15, 0.2) is 54.6 Å². The lowest BCUT2D eigenvalue weighted by Gasteiger charge is -2.22. The quantitative estimate of drug-likeness (QED) is 0.709. The number of nitrogens with zero attached hydrogens (tertiary/aromatic N) is 2. The fourth-order valence-electron chi connectivity index (χ4n) is 2.64. The Hall–Kier alpha value is -2.15. The molecule has 0 atom stereocenters. The molecule has 0 N–H and O–H groups in total. The van der Waals surface area contributed by atoms with E-state index >= 15 is 0 Å². The van der Waals surface area contributed by atoms with Gasteiger partial charge in [-0.15, -0.1) is 0 Å². The second-order valence-electron chi connectivity index (χ2n) is 5.67. The maximum Gasteiger partial charge on any atom is 0.0991 e. The normalized spacial score (nSPS) is 10.7. The number of hydrogen-bond acceptors (Lipinski definition) is 3. The number of ether oxygens (including phenoxy) is 1. The molecule has 0 saturated heterocycles. The summed E-state index contributed by atoms with van der Waals surface area (Å²) in [6.45, 7) is 3.51. The highest BCUT2D eigenvalue weighted by Crippen LogP contribution is 2.10. The molecular weight excluding hydrogens is 284 g/mol. The van der Waals surface area contributed by atoms with Crippen LogP contribution in [0.4, 0.5) is 0 Å². The van der Waals surface area contributed by atoms with Crippen molar-refractivity contribution in [2.45, 2.75) is 19.4 Å². The summed E-state index contributed by atoms with van der Waals surface area (Å²) in [5.74, 6) is 0. The molecule has 3 heteroatoms. The fraction of sp³-hybridized carbons (Fsp3) is 0.350. The smallest absolute Gasteiger partial charge is 0.0991 e. The van der Waals surface area contributed by atoms with E-state index < -0.39 is 0 Å². The molecule has 0 fully saturated rings. The molecule has 0 bridgehead atoms. The molecule has 0 aromatic heterocycles. The Balaban J connectivity index is 1.89. The SMILES string of the molecule is COCCN(CCCc1ccccc1)Cc1cccc(C#N)c1. The molecule has 2 aromatic carbocycles. The largest absolute Gasteiger partial charge is 0.383 e. The van der Waals surface area contributed by atoms with Crippen LogP contribution in [0.5, 0.6) is 0 Å². The van der Waals surface area contributed by atoms with Crippen LogP contribution in [-0.2, 0) is 17.7 Å². The van der Waals surface area contributed by atoms with Crippen molar-refractivity contribution in [3.05, 3.63) is 71.3 Å². The van der Waals surface area contributed by atoms with Gasteiger partial charge < -0.3 is 4.74 Å². The Bertz CT molecular complexity index is 619. The van der Waals surface area contributed by atoms with Gasteiger partial charge in [-0.05, 0) is 42.6 Å². The fourth-order valence-corrected chi connectivity index (χ4v) is 2.64. The van der Waals surface area contributed by atoms with Crippen LogP contribution in [-0.4, -0.2) is 31.7 Å². The first-order valence-corrected chi connectivity index (χ1v) is 8.06. The molecule has 2 aromatic rings. The van der Waals surface area contributed by atoms with Crippen LogP contribution in [0.3, 0.4) is 0 Å². The van der Waals surface area contributed by atoms with Gasteiger partial charge in [0.25, 0.3) is 0 Å². The minimum Gasteiger partial charge on any atom is -0.383 e. The van der Waals surface area contributed by atoms with Crippen molar-refractivity contribution in [3.8, 4) is 6.07 Å². The zero-order valence-electron chi connectivity index (χ0n) is 13.7. The van der Waals surface area contributed by atoms with Crippen LogP contribution >= 0.6 is 0 Å². The molecule has 0 aliphatic heterocycles. The second-order valence-corrected chi connectivity index (χ2v) is 5.67. The van der Waals surface area contributed by atoms with Gasteiger partial charge in [0.1, 0.15) is 0 Å². The molecule has 0 radical (unpaired) electrons. The van der Waals surface area contributed by atoms with Crippen molar-refractivity contribution in [2.75, 3.05) is 26.8 Å². The molecule has 2 rings (SSSR count). The van der Waals surface area contributed by atoms with Gasteiger partial charge in [0.05, 0.1) is 18.2 Å². The van der Waals surface area contributed by atoms with Gasteiger partial charge >= 0.3 is 0 Å². The topological polar surface area (TPSA) is 36.3 Å². The van der Waals surface area contributed by atoms with E-state index in [0.717, 1.165) is 44.6 Å². The van der Waals surface area contributed by atoms with Crippen molar-refractivity contribution in [2.24, 2.45) is 0 Å². The highest BCUT2D eigenvalue weighted by molar-refractivity contribution is 5.32. The summed E-state index contributed by atoms with van der Waals surface area (Å²) in [5, 5.41) is 9.02. The Kier molecular flexibility index (Phi) is 7.32. The molecule has 0 heterocycles. The molecule has 0 amide bonds. The van der Waals surface area contributed by atoms with Crippen LogP contribution in [0.2, 0.25) is 0 Å². The van der Waals surface area contributed by atoms with Crippen LogP contribution in [0.1, 0.15) is 23.1 Å². The monoisotopic (exact) mass is 308 g/mol. The average molecular weight is 308 g/mol. The Morgan fingerprint density at radius 1 is 1.00 bits per heavy atom. The van der Waals surface area contributed by atoms with E-state index in [1.165, 1.54) is 11.1 Å². The minimum atomic E-state index is 0.721. The predicted octanol–water partition coefficient (Wildman–Crippen LogP) is 3.64. The molecular formula is C20H24N2O. The van der Waals surface area contributed by atoms with Gasteiger partial charge in [0.2, 0.25) is 0 Å². The summed E-state index contributed by atoms with van der Waals surface area (Å²) in [4.78, 5) is 2.39. The molecule has 0 aliphatic rings. The third-order valence-electron chi connectivity index (χ3n) is 3.86. The first-order chi connectivity index (χ1) is 11.3. The van der Waals surface area contributed by atoms with E-state index in [9.17, 15) is 0 Å². The van der Waals surface area contributed by atoms with E-state index in [1.807, 2.05) is 18.2 Å². The Labute approximate surface area is 139 Å². The van der Waals surface area contributed by atoms with Gasteiger partial charge in [0, 0.05) is 20.2 Å². The molecule has 120 valence electrons. The zero-order chi connectivity index (χ0) is 16.3. The summed E-state index contributed by atoms with van der Waals surface area (Å²) in [6, 6.07) is 20.6.